The van der Waals surface area contributed by atoms with Gasteiger partial charge in [0.2, 0.25) is 0 Å². The number of hydrogen-bond acceptors (Lipinski definition) is 4. The quantitative estimate of drug-likeness (QED) is 0.742. The Hall–Kier alpha value is -1.85. The third-order valence-electron chi connectivity index (χ3n) is 3.11. The summed E-state index contributed by atoms with van der Waals surface area (Å²) in [5.41, 5.74) is 6.63. The number of aromatic amines is 1. The summed E-state index contributed by atoms with van der Waals surface area (Å²) >= 11 is 0. The van der Waals surface area contributed by atoms with Gasteiger partial charge in [-0.15, -0.1) is 10.2 Å². The second-order valence-corrected chi connectivity index (χ2v) is 4.39. The van der Waals surface area contributed by atoms with E-state index in [1.807, 2.05) is 0 Å². The van der Waals surface area contributed by atoms with E-state index < -0.39 is 0 Å². The molecule has 6 heteroatoms. The van der Waals surface area contributed by atoms with E-state index in [1.54, 1.807) is 6.20 Å². The lowest BCUT2D eigenvalue weighted by atomic mass is 10.0. The highest BCUT2D eigenvalue weighted by atomic mass is 15.3. The predicted molar refractivity (Wildman–Crippen MR) is 59.5 cm³/mol. The summed E-state index contributed by atoms with van der Waals surface area (Å²) in [6.45, 7) is 3.20. The van der Waals surface area contributed by atoms with Crippen LogP contribution in [0.5, 0.6) is 0 Å². The Morgan fingerprint density at radius 2 is 2.38 bits per heavy atom. The number of nitrogens with one attached hydrogen (secondary N) is 1. The molecule has 3 rings (SSSR count). The van der Waals surface area contributed by atoms with Gasteiger partial charge in [0, 0.05) is 13.0 Å². The van der Waals surface area contributed by atoms with Crippen LogP contribution in [0, 0.1) is 5.92 Å². The van der Waals surface area contributed by atoms with Crippen molar-refractivity contribution in [3.8, 4) is 11.4 Å². The summed E-state index contributed by atoms with van der Waals surface area (Å²) in [5.74, 6) is 3.11. The molecule has 0 amide bonds. The standard InChI is InChI=1S/C10H14N6/c1-6-2-3-16-8(4-6)13-15-10(16)7-5-12-14-9(7)11/h5-6H,2-4H2,1H3,(H3,11,12,14). The Bertz CT molecular complexity index is 511. The van der Waals surface area contributed by atoms with E-state index in [1.165, 1.54) is 0 Å². The molecule has 0 bridgehead atoms. The number of nitrogens with two attached hydrogens (primary N) is 1. The molecule has 2 aromatic rings. The zero-order valence-electron chi connectivity index (χ0n) is 9.14. The van der Waals surface area contributed by atoms with Gasteiger partial charge in [-0.2, -0.15) is 5.10 Å². The van der Waals surface area contributed by atoms with E-state index >= 15 is 0 Å². The van der Waals surface area contributed by atoms with Gasteiger partial charge >= 0.3 is 0 Å². The SMILES string of the molecule is CC1CCn2c(nnc2-c2cn[nH]c2N)C1. The first-order valence-electron chi connectivity index (χ1n) is 5.47. The second kappa shape index (κ2) is 3.33. The molecule has 16 heavy (non-hydrogen) atoms. The van der Waals surface area contributed by atoms with Crippen LogP contribution < -0.4 is 5.73 Å². The fourth-order valence-electron chi connectivity index (χ4n) is 2.16. The van der Waals surface area contributed by atoms with Gasteiger partial charge in [-0.1, -0.05) is 6.92 Å². The third kappa shape index (κ3) is 1.30. The molecule has 1 atom stereocenters. The molecule has 0 fully saturated rings. The lowest BCUT2D eigenvalue weighted by Gasteiger charge is -2.19. The summed E-state index contributed by atoms with van der Waals surface area (Å²) in [6.07, 6.45) is 3.85. The predicted octanol–water partition coefficient (Wildman–Crippen LogP) is 0.833. The molecular formula is C10H14N6. The largest absolute Gasteiger partial charge is 0.383 e. The van der Waals surface area contributed by atoms with Crippen LogP contribution in [-0.4, -0.2) is 25.0 Å². The van der Waals surface area contributed by atoms with E-state index in [0.29, 0.717) is 11.7 Å². The minimum Gasteiger partial charge on any atom is -0.383 e. The van der Waals surface area contributed by atoms with Gasteiger partial charge in [0.15, 0.2) is 5.82 Å². The van der Waals surface area contributed by atoms with Crippen molar-refractivity contribution >= 4 is 5.82 Å². The van der Waals surface area contributed by atoms with Gasteiger partial charge in [0.1, 0.15) is 11.6 Å². The van der Waals surface area contributed by atoms with Crippen LogP contribution in [0.4, 0.5) is 5.82 Å². The average molecular weight is 218 g/mol. The van der Waals surface area contributed by atoms with E-state index in [0.717, 1.165) is 36.6 Å². The Labute approximate surface area is 92.9 Å². The van der Waals surface area contributed by atoms with Gasteiger partial charge in [-0.05, 0) is 12.3 Å². The molecule has 2 aromatic heterocycles. The van der Waals surface area contributed by atoms with Gasteiger partial charge in [-0.3, -0.25) is 5.10 Å². The molecule has 0 spiro atoms. The van der Waals surface area contributed by atoms with Gasteiger partial charge < -0.3 is 10.3 Å². The number of rotatable bonds is 1. The average Bonchev–Trinajstić information content (AvgIpc) is 2.83. The highest BCUT2D eigenvalue weighted by Crippen LogP contribution is 2.27. The van der Waals surface area contributed by atoms with Gasteiger partial charge in [-0.25, -0.2) is 0 Å². The zero-order valence-corrected chi connectivity index (χ0v) is 9.14. The number of nitrogens with zero attached hydrogens (tertiary/aromatic N) is 4. The van der Waals surface area contributed by atoms with Crippen LogP contribution in [-0.2, 0) is 13.0 Å². The van der Waals surface area contributed by atoms with Crippen molar-refractivity contribution in [1.29, 1.82) is 0 Å². The molecule has 84 valence electrons. The van der Waals surface area contributed by atoms with E-state index in [-0.39, 0.29) is 0 Å². The number of H-pyrrole nitrogens is 1. The number of hydrogen-bond donors (Lipinski definition) is 2. The first-order valence-corrected chi connectivity index (χ1v) is 5.47. The number of fused-ring (bicyclic) bond motifs is 1. The van der Waals surface area contributed by atoms with Crippen LogP contribution in [0.25, 0.3) is 11.4 Å². The first-order chi connectivity index (χ1) is 7.75. The topological polar surface area (TPSA) is 85.4 Å². The fourth-order valence-corrected chi connectivity index (χ4v) is 2.16. The van der Waals surface area contributed by atoms with Gasteiger partial charge in [0.05, 0.1) is 11.8 Å². The monoisotopic (exact) mass is 218 g/mol. The maximum Gasteiger partial charge on any atom is 0.169 e. The van der Waals surface area contributed by atoms with Crippen molar-refractivity contribution in [3.63, 3.8) is 0 Å². The second-order valence-electron chi connectivity index (χ2n) is 4.39. The molecule has 1 aliphatic heterocycles. The summed E-state index contributed by atoms with van der Waals surface area (Å²) in [6, 6.07) is 0. The molecular weight excluding hydrogens is 204 g/mol. The van der Waals surface area contributed by atoms with Crippen LogP contribution in [0.3, 0.4) is 0 Å². The molecule has 3 heterocycles. The highest BCUT2D eigenvalue weighted by molar-refractivity contribution is 5.67. The fraction of sp³-hybridized carbons (Fsp3) is 0.500. The minimum absolute atomic E-state index is 0.550. The lowest BCUT2D eigenvalue weighted by Crippen LogP contribution is -2.18. The van der Waals surface area contributed by atoms with Crippen molar-refractivity contribution in [1.82, 2.24) is 25.0 Å². The minimum atomic E-state index is 0.550. The van der Waals surface area contributed by atoms with Crippen LogP contribution in [0.1, 0.15) is 19.2 Å². The van der Waals surface area contributed by atoms with Crippen molar-refractivity contribution in [3.05, 3.63) is 12.0 Å². The Morgan fingerprint density at radius 1 is 1.50 bits per heavy atom. The number of anilines is 1. The third-order valence-corrected chi connectivity index (χ3v) is 3.11. The maximum absolute atomic E-state index is 5.79. The summed E-state index contributed by atoms with van der Waals surface area (Å²) in [4.78, 5) is 0. The summed E-state index contributed by atoms with van der Waals surface area (Å²) in [5, 5.41) is 15.1. The van der Waals surface area contributed by atoms with E-state index in [9.17, 15) is 0 Å². The normalized spacial score (nSPS) is 19.7. The van der Waals surface area contributed by atoms with Gasteiger partial charge in [0.25, 0.3) is 0 Å². The first kappa shape index (κ1) is 9.38. The Morgan fingerprint density at radius 3 is 3.12 bits per heavy atom. The Balaban J connectivity index is 2.07. The van der Waals surface area contributed by atoms with Crippen LogP contribution in [0.2, 0.25) is 0 Å². The Kier molecular flexibility index (Phi) is 1.95. The summed E-state index contributed by atoms with van der Waals surface area (Å²) in [7, 11) is 0. The van der Waals surface area contributed by atoms with Crippen molar-refractivity contribution in [2.24, 2.45) is 5.92 Å². The smallest absolute Gasteiger partial charge is 0.169 e. The molecule has 0 aliphatic carbocycles. The maximum atomic E-state index is 5.79. The van der Waals surface area contributed by atoms with Crippen molar-refractivity contribution < 1.29 is 0 Å². The number of aromatic nitrogens is 5. The van der Waals surface area contributed by atoms with Crippen molar-refractivity contribution in [2.75, 3.05) is 5.73 Å². The molecule has 0 aromatic carbocycles. The molecule has 3 N–H and O–H groups in total. The molecule has 0 radical (unpaired) electrons. The molecule has 1 unspecified atom stereocenters. The highest BCUT2D eigenvalue weighted by Gasteiger charge is 2.22. The summed E-state index contributed by atoms with van der Waals surface area (Å²) < 4.78 is 2.14. The molecule has 6 nitrogen and oxygen atoms in total. The molecule has 1 aliphatic rings. The van der Waals surface area contributed by atoms with Crippen molar-refractivity contribution in [2.45, 2.75) is 26.3 Å². The lowest BCUT2D eigenvalue weighted by molar-refractivity contribution is 0.411. The van der Waals surface area contributed by atoms with E-state index in [4.69, 9.17) is 5.73 Å². The van der Waals surface area contributed by atoms with Crippen LogP contribution >= 0.6 is 0 Å². The number of nitrogen functional groups attached to an aromatic ring is 1. The van der Waals surface area contributed by atoms with Crippen LogP contribution in [0.15, 0.2) is 6.20 Å². The molecule has 0 saturated heterocycles. The molecule has 0 saturated carbocycles. The van der Waals surface area contributed by atoms with E-state index in [2.05, 4.69) is 31.9 Å². The zero-order chi connectivity index (χ0) is 11.1.